The van der Waals surface area contributed by atoms with Gasteiger partial charge in [-0.15, -0.1) is 0 Å². The minimum Gasteiger partial charge on any atom is -0.691 e. The van der Waals surface area contributed by atoms with Crippen LogP contribution in [0.1, 0.15) is 30.5 Å². The Labute approximate surface area is 211 Å². The van der Waals surface area contributed by atoms with Crippen molar-refractivity contribution in [2.75, 3.05) is 7.11 Å². The summed E-state index contributed by atoms with van der Waals surface area (Å²) < 4.78 is 11.3. The van der Waals surface area contributed by atoms with Crippen LogP contribution in [0.25, 0.3) is 0 Å². The molecule has 3 rings (SSSR count). The van der Waals surface area contributed by atoms with Crippen LogP contribution < -0.4 is 56.6 Å². The van der Waals surface area contributed by atoms with Gasteiger partial charge in [-0.1, -0.05) is 24.3 Å². The Balaban J connectivity index is 0.00000280. The van der Waals surface area contributed by atoms with E-state index in [0.717, 1.165) is 45.9 Å². The van der Waals surface area contributed by atoms with Crippen LogP contribution in [0.5, 0.6) is 0 Å². The third-order valence-electron chi connectivity index (χ3n) is 4.56. The maximum Gasteiger partial charge on any atom is 1.00 e. The summed E-state index contributed by atoms with van der Waals surface area (Å²) in [6.45, 7) is 5.01. The fourth-order valence-electron chi connectivity index (χ4n) is 3.24. The van der Waals surface area contributed by atoms with Crippen molar-refractivity contribution in [1.29, 1.82) is 0 Å². The van der Waals surface area contributed by atoms with Crippen molar-refractivity contribution in [1.82, 2.24) is 0 Å². The summed E-state index contributed by atoms with van der Waals surface area (Å²) in [5.74, 6) is -0.244. The molecule has 0 bridgehead atoms. The van der Waals surface area contributed by atoms with Crippen LogP contribution in [-0.4, -0.2) is 23.9 Å². The molecule has 28 heavy (non-hydrogen) atoms. The summed E-state index contributed by atoms with van der Waals surface area (Å²) in [7, 11) is 1.39. The van der Waals surface area contributed by atoms with Crippen molar-refractivity contribution >= 4 is 29.9 Å². The Morgan fingerprint density at radius 3 is 2.46 bits per heavy atom. The molecule has 0 spiro atoms. The number of ether oxygens (including phenoxy) is 1. The maximum absolute atomic E-state index is 11.4. The minimum absolute atomic E-state index is 0. The Morgan fingerprint density at radius 2 is 1.82 bits per heavy atom. The Bertz CT molecular complexity index is 867. The fourth-order valence-corrected chi connectivity index (χ4v) is 3.64. The number of carbonyl (C=O) groups excluding carboxylic acids is 1. The Morgan fingerprint density at radius 1 is 1.14 bits per heavy atom. The third-order valence-corrected chi connectivity index (χ3v) is 5.13. The van der Waals surface area contributed by atoms with Gasteiger partial charge in [0.15, 0.2) is 12.8 Å². The second-order valence-electron chi connectivity index (χ2n) is 6.95. The van der Waals surface area contributed by atoms with E-state index in [9.17, 15) is 10.1 Å². The Hall–Kier alpha value is -0.554. The number of rotatable bonds is 7. The van der Waals surface area contributed by atoms with E-state index in [4.69, 9.17) is 4.74 Å². The van der Waals surface area contributed by atoms with Gasteiger partial charge < -0.3 is 9.99 Å². The van der Waals surface area contributed by atoms with Gasteiger partial charge in [-0.05, 0) is 31.5 Å². The molecule has 0 atom stereocenters. The van der Waals surface area contributed by atoms with Crippen LogP contribution in [0, 0.1) is 0 Å². The summed E-state index contributed by atoms with van der Waals surface area (Å²) in [4.78, 5) is 12.2. The van der Waals surface area contributed by atoms with E-state index in [0.29, 0.717) is 0 Å². The summed E-state index contributed by atoms with van der Waals surface area (Å²) in [6, 6.07) is 13.9. The van der Waals surface area contributed by atoms with E-state index in [1.807, 2.05) is 42.5 Å². The number of fused-ring (bicyclic) bond motifs is 1. The van der Waals surface area contributed by atoms with Crippen LogP contribution >= 0.6 is 12.0 Å². The molecule has 0 unspecified atom stereocenters. The summed E-state index contributed by atoms with van der Waals surface area (Å²) in [5.41, 5.74) is 4.20. The zero-order valence-electron chi connectivity index (χ0n) is 16.4. The van der Waals surface area contributed by atoms with E-state index in [1.165, 1.54) is 7.11 Å². The number of esters is 1. The molecule has 2 aromatic carbocycles. The van der Waals surface area contributed by atoms with Crippen LogP contribution in [0.15, 0.2) is 47.4 Å². The summed E-state index contributed by atoms with van der Waals surface area (Å²) in [5, 5.41) is 13.5. The molecule has 2 aromatic rings. The van der Waals surface area contributed by atoms with Crippen molar-refractivity contribution in [3.63, 3.8) is 0 Å². The first-order valence-electron chi connectivity index (χ1n) is 8.48. The predicted molar refractivity (Wildman–Crippen MR) is 99.3 cm³/mol. The number of benzene rings is 2. The van der Waals surface area contributed by atoms with Crippen molar-refractivity contribution in [3.8, 4) is 0 Å². The van der Waals surface area contributed by atoms with Gasteiger partial charge in [-0.2, -0.15) is 8.91 Å². The van der Waals surface area contributed by atoms with E-state index < -0.39 is 0 Å². The average molecular weight is 427 g/mol. The zero-order chi connectivity index (χ0) is 19.4. The number of hydrogen-bond donors (Lipinski definition) is 0. The normalized spacial score (nSPS) is 14.1. The minimum atomic E-state index is -0.244. The van der Waals surface area contributed by atoms with Gasteiger partial charge in [0.1, 0.15) is 0 Å². The third kappa shape index (κ3) is 5.75. The predicted octanol–water partition coefficient (Wildman–Crippen LogP) is -0.157. The first kappa shape index (κ1) is 23.7. The van der Waals surface area contributed by atoms with Gasteiger partial charge in [0.2, 0.25) is 5.69 Å². The molecule has 0 aromatic heterocycles. The quantitative estimate of drug-likeness (QED) is 0.153. The second-order valence-corrected chi connectivity index (χ2v) is 7.72. The number of nitrogens with zero attached hydrogens (tertiary/aromatic N) is 1. The van der Waals surface area contributed by atoms with Crippen LogP contribution in [0.4, 0.5) is 5.69 Å². The monoisotopic (exact) mass is 426 g/mol. The van der Waals surface area contributed by atoms with Crippen molar-refractivity contribution in [3.05, 3.63) is 59.2 Å². The number of methoxy groups -OCH3 is 1. The van der Waals surface area contributed by atoms with E-state index in [-0.39, 0.29) is 69.2 Å². The van der Waals surface area contributed by atoms with Gasteiger partial charge >= 0.3 is 57.4 Å². The summed E-state index contributed by atoms with van der Waals surface area (Å²) >= 11 is 0.896. The number of carbonyl (C=O) groups is 1. The van der Waals surface area contributed by atoms with E-state index in [1.54, 1.807) is 0 Å². The largest absolute Gasteiger partial charge is 1.00 e. The molecule has 0 saturated heterocycles. The average Bonchev–Trinajstić information content (AvgIpc) is 2.91. The topological polar surface area (TPSA) is 70.8 Å². The molecule has 1 heterocycles. The molecule has 6 nitrogen and oxygen atoms in total. The Kier molecular flexibility index (Phi) is 8.87. The van der Waals surface area contributed by atoms with E-state index >= 15 is 0 Å². The smallest absolute Gasteiger partial charge is 0.691 e. The SMILES string of the molecule is COC(=O)Cc1ccc(C[N+]2=CC(C)(C)c3cc(SOO[O-])ccc32)cc1.[K+]. The molecule has 0 radical (unpaired) electrons. The second kappa shape index (κ2) is 10.5. The molecule has 0 fully saturated rings. The fraction of sp³-hybridized carbons (Fsp3) is 0.300. The van der Waals surface area contributed by atoms with Gasteiger partial charge in [0.25, 0.3) is 0 Å². The molecule has 1 aliphatic heterocycles. The standard InChI is InChI=1S/C20H21NO5S.K/c1-20(2)13-21(18-9-8-16(11-17(18)20)27-26-25-23)12-15-6-4-14(5-7-15)10-19(22)24-3;/h4-9,11,13H,10,12H2,1-3H3;/q;+1. The number of hydrogen-bond acceptors (Lipinski definition) is 6. The van der Waals surface area contributed by atoms with Gasteiger partial charge in [-0.3, -0.25) is 9.83 Å². The van der Waals surface area contributed by atoms with Crippen molar-refractivity contribution in [2.24, 2.45) is 0 Å². The first-order chi connectivity index (χ1) is 12.9. The maximum atomic E-state index is 11.4. The first-order valence-corrected chi connectivity index (χ1v) is 9.22. The zero-order valence-corrected chi connectivity index (χ0v) is 20.4. The summed E-state index contributed by atoms with van der Waals surface area (Å²) in [6.07, 6.45) is 2.47. The van der Waals surface area contributed by atoms with Crippen LogP contribution in [0.3, 0.4) is 0 Å². The van der Waals surface area contributed by atoms with E-state index in [2.05, 4.69) is 34.0 Å². The molecule has 142 valence electrons. The van der Waals surface area contributed by atoms with Gasteiger partial charge in [-0.25, -0.2) is 0 Å². The van der Waals surface area contributed by atoms with Gasteiger partial charge in [0.05, 0.1) is 31.0 Å². The molecule has 0 amide bonds. The van der Waals surface area contributed by atoms with Gasteiger partial charge in [0, 0.05) is 22.1 Å². The molecule has 1 aliphatic rings. The molecule has 0 aliphatic carbocycles. The molecule has 0 N–H and O–H groups in total. The van der Waals surface area contributed by atoms with Crippen LogP contribution in [-0.2, 0) is 37.3 Å². The molecular weight excluding hydrogens is 405 g/mol. The molecule has 0 saturated carbocycles. The van der Waals surface area contributed by atoms with Crippen LogP contribution in [0.2, 0.25) is 0 Å². The molecule has 8 heteroatoms. The van der Waals surface area contributed by atoms with Crippen molar-refractivity contribution in [2.45, 2.75) is 37.1 Å². The molecular formula is C20H21KNO5S+. The van der Waals surface area contributed by atoms with Crippen molar-refractivity contribution < 1.29 is 80.1 Å².